The summed E-state index contributed by atoms with van der Waals surface area (Å²) in [5.74, 6) is 0.661. The molecule has 0 saturated carbocycles. The van der Waals surface area contributed by atoms with E-state index in [4.69, 9.17) is 21.1 Å². The lowest BCUT2D eigenvalue weighted by atomic mass is 10.2. The van der Waals surface area contributed by atoms with Gasteiger partial charge in [-0.05, 0) is 36.4 Å². The molecule has 0 aliphatic heterocycles. The number of nitrogens with zero attached hydrogens (tertiary/aromatic N) is 1. The summed E-state index contributed by atoms with van der Waals surface area (Å²) in [7, 11) is 3.04. The standard InChI is InChI=1S/C19H21ClN2O4/c1-13(23)22(16-6-4-15(20)5-7-16)9-8-21-19(24)14-10-17(25-2)12-18(11-14)26-3/h4-7,10-12H,8-9H2,1-3H3,(H,21,24). The van der Waals surface area contributed by atoms with E-state index < -0.39 is 0 Å². The van der Waals surface area contributed by atoms with E-state index in [1.165, 1.54) is 21.1 Å². The number of amides is 2. The maximum Gasteiger partial charge on any atom is 0.251 e. The molecule has 0 aliphatic carbocycles. The molecule has 0 aliphatic rings. The van der Waals surface area contributed by atoms with Crippen molar-refractivity contribution < 1.29 is 19.1 Å². The van der Waals surface area contributed by atoms with E-state index in [1.807, 2.05) is 0 Å². The van der Waals surface area contributed by atoms with Crippen molar-refractivity contribution in [2.45, 2.75) is 6.92 Å². The highest BCUT2D eigenvalue weighted by Gasteiger charge is 2.13. The number of halogens is 1. The minimum Gasteiger partial charge on any atom is -0.497 e. The number of carbonyl (C=O) groups is 2. The lowest BCUT2D eigenvalue weighted by Crippen LogP contribution is -2.37. The van der Waals surface area contributed by atoms with Crippen molar-refractivity contribution >= 4 is 29.1 Å². The van der Waals surface area contributed by atoms with Crippen LogP contribution in [-0.2, 0) is 4.79 Å². The van der Waals surface area contributed by atoms with E-state index in [-0.39, 0.29) is 11.8 Å². The van der Waals surface area contributed by atoms with Gasteiger partial charge in [-0.25, -0.2) is 0 Å². The van der Waals surface area contributed by atoms with Crippen LogP contribution < -0.4 is 19.7 Å². The van der Waals surface area contributed by atoms with Gasteiger partial charge >= 0.3 is 0 Å². The van der Waals surface area contributed by atoms with Crippen LogP contribution in [0.3, 0.4) is 0 Å². The van der Waals surface area contributed by atoms with E-state index >= 15 is 0 Å². The number of hydrogen-bond donors (Lipinski definition) is 1. The summed E-state index contributed by atoms with van der Waals surface area (Å²) in [4.78, 5) is 25.8. The second kappa shape index (κ2) is 9.10. The van der Waals surface area contributed by atoms with Gasteiger partial charge in [0.15, 0.2) is 0 Å². The van der Waals surface area contributed by atoms with E-state index in [2.05, 4.69) is 5.32 Å². The first-order valence-electron chi connectivity index (χ1n) is 7.99. The van der Waals surface area contributed by atoms with E-state index in [9.17, 15) is 9.59 Å². The van der Waals surface area contributed by atoms with Gasteiger partial charge in [-0.3, -0.25) is 9.59 Å². The Hall–Kier alpha value is -2.73. The van der Waals surface area contributed by atoms with Gasteiger partial charge < -0.3 is 19.7 Å². The Labute approximate surface area is 157 Å². The highest BCUT2D eigenvalue weighted by atomic mass is 35.5. The van der Waals surface area contributed by atoms with Gasteiger partial charge in [0, 0.05) is 42.4 Å². The molecule has 138 valence electrons. The van der Waals surface area contributed by atoms with Crippen LogP contribution in [0.25, 0.3) is 0 Å². The molecule has 0 fully saturated rings. The van der Waals surface area contributed by atoms with E-state index in [0.29, 0.717) is 35.2 Å². The summed E-state index contributed by atoms with van der Waals surface area (Å²) >= 11 is 5.88. The fourth-order valence-electron chi connectivity index (χ4n) is 2.41. The molecule has 0 heterocycles. The third kappa shape index (κ3) is 5.13. The average Bonchev–Trinajstić information content (AvgIpc) is 2.65. The number of carbonyl (C=O) groups excluding carboxylic acids is 2. The Balaban J connectivity index is 2.02. The zero-order chi connectivity index (χ0) is 19.1. The third-order valence-electron chi connectivity index (χ3n) is 3.75. The fourth-order valence-corrected chi connectivity index (χ4v) is 2.54. The second-order valence-corrected chi connectivity index (χ2v) is 5.94. The molecule has 2 aromatic carbocycles. The SMILES string of the molecule is COc1cc(OC)cc(C(=O)NCCN(C(C)=O)c2ccc(Cl)cc2)c1. The van der Waals surface area contributed by atoms with Crippen LogP contribution in [0.4, 0.5) is 5.69 Å². The van der Waals surface area contributed by atoms with Crippen LogP contribution in [0.5, 0.6) is 11.5 Å². The third-order valence-corrected chi connectivity index (χ3v) is 4.00. The molecule has 2 rings (SSSR count). The lowest BCUT2D eigenvalue weighted by molar-refractivity contribution is -0.116. The summed E-state index contributed by atoms with van der Waals surface area (Å²) in [5.41, 5.74) is 1.14. The molecule has 1 N–H and O–H groups in total. The molecule has 0 saturated heterocycles. The van der Waals surface area contributed by atoms with Gasteiger partial charge in [0.1, 0.15) is 11.5 Å². The van der Waals surface area contributed by atoms with Crippen LogP contribution in [0.15, 0.2) is 42.5 Å². The van der Waals surface area contributed by atoms with Gasteiger partial charge in [0.05, 0.1) is 14.2 Å². The predicted molar refractivity (Wildman–Crippen MR) is 101 cm³/mol. The van der Waals surface area contributed by atoms with Crippen molar-refractivity contribution in [1.29, 1.82) is 0 Å². The Morgan fingerprint density at radius 1 is 1.04 bits per heavy atom. The quantitative estimate of drug-likeness (QED) is 0.806. The van der Waals surface area contributed by atoms with Crippen LogP contribution in [0, 0.1) is 0 Å². The molecule has 26 heavy (non-hydrogen) atoms. The van der Waals surface area contributed by atoms with Crippen LogP contribution >= 0.6 is 11.6 Å². The topological polar surface area (TPSA) is 67.9 Å². The molecule has 7 heteroatoms. The first-order chi connectivity index (χ1) is 12.4. The number of nitrogens with one attached hydrogen (secondary N) is 1. The second-order valence-electron chi connectivity index (χ2n) is 5.50. The zero-order valence-electron chi connectivity index (χ0n) is 14.9. The van der Waals surface area contributed by atoms with Crippen LogP contribution in [0.2, 0.25) is 5.02 Å². The lowest BCUT2D eigenvalue weighted by Gasteiger charge is -2.21. The molecule has 0 atom stereocenters. The van der Waals surface area contributed by atoms with Gasteiger partial charge in [0.2, 0.25) is 5.91 Å². The maximum absolute atomic E-state index is 12.4. The maximum atomic E-state index is 12.4. The monoisotopic (exact) mass is 376 g/mol. The van der Waals surface area contributed by atoms with E-state index in [0.717, 1.165) is 5.69 Å². The number of rotatable bonds is 7. The highest BCUT2D eigenvalue weighted by Crippen LogP contribution is 2.22. The Morgan fingerprint density at radius 2 is 1.62 bits per heavy atom. The first-order valence-corrected chi connectivity index (χ1v) is 8.37. The number of ether oxygens (including phenoxy) is 2. The van der Waals surface area contributed by atoms with Crippen molar-refractivity contribution in [2.24, 2.45) is 0 Å². The van der Waals surface area contributed by atoms with Gasteiger partial charge in [-0.15, -0.1) is 0 Å². The van der Waals surface area contributed by atoms with Crippen molar-refractivity contribution in [1.82, 2.24) is 5.32 Å². The van der Waals surface area contributed by atoms with Crippen molar-refractivity contribution in [3.63, 3.8) is 0 Å². The molecule has 0 radical (unpaired) electrons. The van der Waals surface area contributed by atoms with Crippen LogP contribution in [-0.4, -0.2) is 39.1 Å². The van der Waals surface area contributed by atoms with Gasteiger partial charge in [0.25, 0.3) is 5.91 Å². The zero-order valence-corrected chi connectivity index (χ0v) is 15.7. The van der Waals surface area contributed by atoms with Crippen molar-refractivity contribution in [3.8, 4) is 11.5 Å². The number of hydrogen-bond acceptors (Lipinski definition) is 4. The van der Waals surface area contributed by atoms with Crippen molar-refractivity contribution in [2.75, 3.05) is 32.2 Å². The Bertz CT molecular complexity index is 755. The summed E-state index contributed by atoms with van der Waals surface area (Å²) < 4.78 is 10.3. The molecule has 0 bridgehead atoms. The van der Waals surface area contributed by atoms with Gasteiger partial charge in [-0.2, -0.15) is 0 Å². The first kappa shape index (κ1) is 19.6. The molecular weight excluding hydrogens is 356 g/mol. The molecule has 2 aromatic rings. The molecule has 2 amide bonds. The Kier molecular flexibility index (Phi) is 6.86. The normalized spacial score (nSPS) is 10.2. The van der Waals surface area contributed by atoms with Crippen LogP contribution in [0.1, 0.15) is 17.3 Å². The summed E-state index contributed by atoms with van der Waals surface area (Å²) in [5, 5.41) is 3.39. The molecule has 0 unspecified atom stereocenters. The van der Waals surface area contributed by atoms with E-state index in [1.54, 1.807) is 47.4 Å². The fraction of sp³-hybridized carbons (Fsp3) is 0.263. The highest BCUT2D eigenvalue weighted by molar-refractivity contribution is 6.30. The minimum atomic E-state index is -0.276. The molecule has 0 aromatic heterocycles. The van der Waals surface area contributed by atoms with Crippen molar-refractivity contribution in [3.05, 3.63) is 53.1 Å². The molecule has 0 spiro atoms. The molecule has 6 nitrogen and oxygen atoms in total. The summed E-state index contributed by atoms with van der Waals surface area (Å²) in [6.07, 6.45) is 0. The number of anilines is 1. The van der Waals surface area contributed by atoms with Gasteiger partial charge in [-0.1, -0.05) is 11.6 Å². The largest absolute Gasteiger partial charge is 0.497 e. The summed E-state index contributed by atoms with van der Waals surface area (Å²) in [6.45, 7) is 2.10. The summed E-state index contributed by atoms with van der Waals surface area (Å²) in [6, 6.07) is 11.9. The average molecular weight is 377 g/mol. The molecular formula is C19H21ClN2O4. The number of benzene rings is 2. The minimum absolute atomic E-state index is 0.121. The smallest absolute Gasteiger partial charge is 0.251 e. The number of methoxy groups -OCH3 is 2. The predicted octanol–water partition coefficient (Wildman–Crippen LogP) is 3.14. The Morgan fingerprint density at radius 3 is 2.12 bits per heavy atom.